The first-order valence-corrected chi connectivity index (χ1v) is 26.2. The van der Waals surface area contributed by atoms with Crippen LogP contribution in [0.3, 0.4) is 0 Å². The first kappa shape index (κ1) is 42.5. The van der Waals surface area contributed by atoms with E-state index in [4.69, 9.17) is 4.42 Å². The second-order valence-electron chi connectivity index (χ2n) is 20.3. The van der Waals surface area contributed by atoms with E-state index in [1.54, 1.807) is 0 Å². The maximum Gasteiger partial charge on any atom is 0.143 e. The fourth-order valence-corrected chi connectivity index (χ4v) is 13.2. The molecule has 0 saturated carbocycles. The van der Waals surface area contributed by atoms with E-state index in [1.165, 1.54) is 94.1 Å². The molecule has 2 aliphatic carbocycles. The molecule has 354 valence electrons. The topological polar surface area (TPSA) is 21.3 Å². The lowest BCUT2D eigenvalue weighted by atomic mass is 9.70. The molecule has 2 heterocycles. The largest absolute Gasteiger partial charge is 0.455 e. The van der Waals surface area contributed by atoms with Crippen molar-refractivity contribution in [2.75, 3.05) is 4.90 Å². The summed E-state index contributed by atoms with van der Waals surface area (Å²) in [5, 5.41) is 4.83. The highest BCUT2D eigenvalue weighted by Crippen LogP contribution is 2.65. The number of hydrogen-bond donors (Lipinski definition) is 0. The van der Waals surface area contributed by atoms with Crippen LogP contribution in [-0.4, -0.2) is 4.57 Å². The molecule has 0 radical (unpaired) electrons. The van der Waals surface area contributed by atoms with E-state index in [1.807, 2.05) is 0 Å². The van der Waals surface area contributed by atoms with Crippen molar-refractivity contribution < 1.29 is 4.42 Å². The van der Waals surface area contributed by atoms with E-state index in [0.717, 1.165) is 50.3 Å². The van der Waals surface area contributed by atoms with Crippen LogP contribution >= 0.6 is 0 Å². The highest BCUT2D eigenvalue weighted by Gasteiger charge is 2.53. The molecule has 0 bridgehead atoms. The minimum atomic E-state index is -0.510. The van der Waals surface area contributed by atoms with Gasteiger partial charge in [-0.2, -0.15) is 0 Å². The van der Waals surface area contributed by atoms with Crippen LogP contribution in [0.2, 0.25) is 0 Å². The Labute approximate surface area is 440 Å². The second-order valence-corrected chi connectivity index (χ2v) is 20.3. The average molecular weight is 967 g/mol. The lowest BCUT2D eigenvalue weighted by Gasteiger charge is -2.30. The number of anilines is 3. The summed E-state index contributed by atoms with van der Waals surface area (Å²) in [7, 11) is 0. The van der Waals surface area contributed by atoms with Gasteiger partial charge in [0.2, 0.25) is 0 Å². The summed E-state index contributed by atoms with van der Waals surface area (Å²) in [5.41, 5.74) is 25.5. The molecular weight excluding hydrogens is 921 g/mol. The number of nitrogens with zero attached hydrogens (tertiary/aromatic N) is 2. The van der Waals surface area contributed by atoms with E-state index in [-0.39, 0.29) is 0 Å². The maximum absolute atomic E-state index is 6.80. The van der Waals surface area contributed by atoms with Crippen molar-refractivity contribution in [1.82, 2.24) is 4.57 Å². The van der Waals surface area contributed by atoms with Crippen molar-refractivity contribution in [3.8, 4) is 61.3 Å². The molecule has 2 aromatic heterocycles. The van der Waals surface area contributed by atoms with Crippen LogP contribution in [0.1, 0.15) is 22.3 Å². The van der Waals surface area contributed by atoms with Gasteiger partial charge in [0.25, 0.3) is 0 Å². The Bertz CT molecular complexity index is 4550. The van der Waals surface area contributed by atoms with Crippen molar-refractivity contribution in [2.24, 2.45) is 0 Å². The predicted octanol–water partition coefficient (Wildman–Crippen LogP) is 19.5. The van der Waals surface area contributed by atoms with Crippen LogP contribution in [-0.2, 0) is 5.41 Å². The molecule has 1 atom stereocenters. The van der Waals surface area contributed by atoms with Gasteiger partial charge in [0.1, 0.15) is 11.2 Å². The van der Waals surface area contributed by atoms with Crippen molar-refractivity contribution in [3.05, 3.63) is 301 Å². The Balaban J connectivity index is 0.790. The average Bonchev–Trinajstić information content (AvgIpc) is 4.42. The molecule has 12 aromatic carbocycles. The van der Waals surface area contributed by atoms with Crippen molar-refractivity contribution >= 4 is 60.8 Å². The van der Waals surface area contributed by atoms with Gasteiger partial charge in [-0.1, -0.05) is 212 Å². The molecule has 1 unspecified atom stereocenters. The van der Waals surface area contributed by atoms with E-state index in [2.05, 4.69) is 289 Å². The standard InChI is InChI=1S/C73H46N2O/c1-2-15-47(16-3-1)48-29-37-52(38-30-48)74(53-39-31-49(32-40-53)50-33-41-55(42-34-50)75-67-26-11-6-17-57(67)58-18-7-12-27-68(58)75)54-43-35-51(36-44-54)56-22-14-25-65-70(56)61-20-4-9-23-63(61)73(65)64-24-10-5-21-62(64)71-66(73)46-45-60-59-19-8-13-28-69(59)76-72(60)71/h1-46H. The second kappa shape index (κ2) is 16.5. The van der Waals surface area contributed by atoms with Crippen LogP contribution in [0.5, 0.6) is 0 Å². The Morgan fingerprint density at radius 2 is 0.737 bits per heavy atom. The first-order chi connectivity index (χ1) is 37.7. The zero-order chi connectivity index (χ0) is 49.9. The number of furan rings is 1. The van der Waals surface area contributed by atoms with E-state index < -0.39 is 5.41 Å². The smallest absolute Gasteiger partial charge is 0.143 e. The van der Waals surface area contributed by atoms with E-state index in [9.17, 15) is 0 Å². The van der Waals surface area contributed by atoms with Crippen LogP contribution < -0.4 is 4.90 Å². The molecular formula is C73H46N2O. The minimum Gasteiger partial charge on any atom is -0.455 e. The molecule has 0 amide bonds. The van der Waals surface area contributed by atoms with Gasteiger partial charge in [0.15, 0.2) is 0 Å². The van der Waals surface area contributed by atoms with Gasteiger partial charge in [0, 0.05) is 49.9 Å². The van der Waals surface area contributed by atoms with E-state index >= 15 is 0 Å². The third-order valence-corrected chi connectivity index (χ3v) is 16.5. The zero-order valence-electron chi connectivity index (χ0n) is 41.4. The summed E-state index contributed by atoms with van der Waals surface area (Å²) in [6, 6.07) is 102. The zero-order valence-corrected chi connectivity index (χ0v) is 41.4. The molecule has 0 saturated heterocycles. The van der Waals surface area contributed by atoms with Gasteiger partial charge >= 0.3 is 0 Å². The van der Waals surface area contributed by atoms with Gasteiger partial charge in [-0.15, -0.1) is 0 Å². The van der Waals surface area contributed by atoms with Gasteiger partial charge in [-0.05, 0) is 139 Å². The molecule has 0 fully saturated rings. The number of fused-ring (bicyclic) bond motifs is 17. The van der Waals surface area contributed by atoms with Crippen molar-refractivity contribution in [3.63, 3.8) is 0 Å². The normalized spacial score (nSPS) is 14.1. The highest BCUT2D eigenvalue weighted by molar-refractivity contribution is 6.14. The van der Waals surface area contributed by atoms with Crippen LogP contribution in [0, 0.1) is 0 Å². The lowest BCUT2D eigenvalue weighted by molar-refractivity contribution is 0.669. The molecule has 3 heteroatoms. The lowest BCUT2D eigenvalue weighted by Crippen LogP contribution is -2.25. The molecule has 16 rings (SSSR count). The Kier molecular flexibility index (Phi) is 9.25. The summed E-state index contributed by atoms with van der Waals surface area (Å²) in [5.74, 6) is 0. The summed E-state index contributed by atoms with van der Waals surface area (Å²) in [6.45, 7) is 0. The highest BCUT2D eigenvalue weighted by atomic mass is 16.3. The molecule has 2 aliphatic rings. The fraction of sp³-hybridized carbons (Fsp3) is 0.0137. The summed E-state index contributed by atoms with van der Waals surface area (Å²) in [4.78, 5) is 2.37. The molecule has 0 N–H and O–H groups in total. The number of aromatic nitrogens is 1. The van der Waals surface area contributed by atoms with E-state index in [0.29, 0.717) is 0 Å². The maximum atomic E-state index is 6.80. The predicted molar refractivity (Wildman–Crippen MR) is 315 cm³/mol. The summed E-state index contributed by atoms with van der Waals surface area (Å²) < 4.78 is 9.18. The third-order valence-electron chi connectivity index (χ3n) is 16.5. The number of para-hydroxylation sites is 3. The van der Waals surface area contributed by atoms with Crippen molar-refractivity contribution in [1.29, 1.82) is 0 Å². The molecule has 3 nitrogen and oxygen atoms in total. The monoisotopic (exact) mass is 966 g/mol. The first-order valence-electron chi connectivity index (χ1n) is 26.2. The molecule has 1 spiro atoms. The minimum absolute atomic E-state index is 0.510. The molecule has 0 aliphatic heterocycles. The number of rotatable bonds is 7. The van der Waals surface area contributed by atoms with Gasteiger partial charge in [-0.25, -0.2) is 0 Å². The summed E-state index contributed by atoms with van der Waals surface area (Å²) in [6.07, 6.45) is 0. The van der Waals surface area contributed by atoms with Gasteiger partial charge in [-0.3, -0.25) is 0 Å². The molecule has 14 aromatic rings. The van der Waals surface area contributed by atoms with Crippen molar-refractivity contribution in [2.45, 2.75) is 5.41 Å². The van der Waals surface area contributed by atoms with Gasteiger partial charge in [0.05, 0.1) is 16.4 Å². The summed E-state index contributed by atoms with van der Waals surface area (Å²) >= 11 is 0. The SMILES string of the molecule is c1ccc(-c2ccc(N(c3ccc(-c4ccc(-n5c6ccccc6c6ccccc65)cc4)cc3)c3ccc(-c4cccc5c4-c4ccccc4C54c5ccccc5-c5c4ccc4c5oc5ccccc54)cc3)cc2)cc1. The number of benzene rings is 12. The number of hydrogen-bond acceptors (Lipinski definition) is 2. The van der Waals surface area contributed by atoms with Crippen LogP contribution in [0.15, 0.2) is 283 Å². The van der Waals surface area contributed by atoms with Crippen LogP contribution in [0.25, 0.3) is 105 Å². The molecule has 76 heavy (non-hydrogen) atoms. The fourth-order valence-electron chi connectivity index (χ4n) is 13.2. The Morgan fingerprint density at radius 1 is 0.289 bits per heavy atom. The van der Waals surface area contributed by atoms with Crippen LogP contribution in [0.4, 0.5) is 17.1 Å². The van der Waals surface area contributed by atoms with Gasteiger partial charge < -0.3 is 13.9 Å². The third kappa shape index (κ3) is 6.11. The Morgan fingerprint density at radius 3 is 1.36 bits per heavy atom. The Hall–Kier alpha value is -9.96. The quantitative estimate of drug-likeness (QED) is 0.159.